The molecule has 17 heavy (non-hydrogen) atoms. The number of hydrogen-bond acceptors (Lipinski definition) is 3. The molecule has 1 aromatic carbocycles. The maximum atomic E-state index is 6.12. The van der Waals surface area contributed by atoms with Gasteiger partial charge >= 0.3 is 0 Å². The molecule has 5 heteroatoms. The largest absolute Gasteiger partial charge is 0.382 e. The topological polar surface area (TPSA) is 69.9 Å². The molecule has 0 aliphatic carbocycles. The molecule has 0 spiro atoms. The van der Waals surface area contributed by atoms with Gasteiger partial charge in [0.15, 0.2) is 5.82 Å². The Morgan fingerprint density at radius 3 is 2.71 bits per heavy atom. The van der Waals surface area contributed by atoms with Crippen molar-refractivity contribution in [2.45, 2.75) is 19.8 Å². The highest BCUT2D eigenvalue weighted by Gasteiger charge is 2.15. The molecule has 0 fully saturated rings. The number of nitrogen functional groups attached to an aromatic ring is 2. The zero-order valence-corrected chi connectivity index (χ0v) is 10.4. The molecule has 0 aliphatic heterocycles. The Bertz CT molecular complexity index is 533. The fourth-order valence-corrected chi connectivity index (χ4v) is 1.97. The third-order valence-electron chi connectivity index (χ3n) is 2.62. The summed E-state index contributed by atoms with van der Waals surface area (Å²) in [5.41, 5.74) is 7.42. The smallest absolute Gasteiger partial charge is 0.150 e. The van der Waals surface area contributed by atoms with E-state index in [1.807, 2.05) is 24.3 Å². The molecule has 0 saturated heterocycles. The summed E-state index contributed by atoms with van der Waals surface area (Å²) in [6.45, 7) is 2.07. The van der Waals surface area contributed by atoms with Crippen LogP contribution in [0.5, 0.6) is 0 Å². The standard InChI is InChI=1S/C12H15ClN4/c1-2-5-10-16-11(12(14)17(10)15)8-6-3-4-7-9(8)13/h3-4,6-7H,2,5,14-15H2,1H3. The first-order chi connectivity index (χ1) is 8.15. The van der Waals surface area contributed by atoms with Crippen molar-refractivity contribution in [3.63, 3.8) is 0 Å². The highest BCUT2D eigenvalue weighted by molar-refractivity contribution is 6.33. The van der Waals surface area contributed by atoms with Gasteiger partial charge in [-0.05, 0) is 12.5 Å². The van der Waals surface area contributed by atoms with Crippen molar-refractivity contribution in [1.29, 1.82) is 0 Å². The zero-order valence-electron chi connectivity index (χ0n) is 9.65. The van der Waals surface area contributed by atoms with E-state index < -0.39 is 0 Å². The molecule has 4 N–H and O–H groups in total. The summed E-state index contributed by atoms with van der Waals surface area (Å²) < 4.78 is 1.43. The number of benzene rings is 1. The van der Waals surface area contributed by atoms with Gasteiger partial charge < -0.3 is 11.6 Å². The third kappa shape index (κ3) is 2.08. The quantitative estimate of drug-likeness (QED) is 0.822. The molecule has 4 nitrogen and oxygen atoms in total. The molecule has 0 aliphatic rings. The number of anilines is 1. The number of nitrogens with two attached hydrogens (primary N) is 2. The Balaban J connectivity index is 2.53. The predicted molar refractivity (Wildman–Crippen MR) is 71.2 cm³/mol. The number of imidazole rings is 1. The van der Waals surface area contributed by atoms with Crippen LogP contribution in [0.3, 0.4) is 0 Å². The number of nitrogens with zero attached hydrogens (tertiary/aromatic N) is 2. The summed E-state index contributed by atoms with van der Waals surface area (Å²) >= 11 is 6.12. The van der Waals surface area contributed by atoms with E-state index in [1.54, 1.807) is 0 Å². The summed E-state index contributed by atoms with van der Waals surface area (Å²) in [4.78, 5) is 4.46. The van der Waals surface area contributed by atoms with Crippen LogP contribution in [0.15, 0.2) is 24.3 Å². The first kappa shape index (κ1) is 11.8. The second-order valence-electron chi connectivity index (χ2n) is 3.86. The van der Waals surface area contributed by atoms with Gasteiger partial charge in [0, 0.05) is 12.0 Å². The Morgan fingerprint density at radius 2 is 2.06 bits per heavy atom. The van der Waals surface area contributed by atoms with Crippen LogP contribution in [0.4, 0.5) is 5.82 Å². The van der Waals surface area contributed by atoms with Gasteiger partial charge in [0.2, 0.25) is 0 Å². The molecule has 0 radical (unpaired) electrons. The van der Waals surface area contributed by atoms with Crippen LogP contribution in [0.25, 0.3) is 11.3 Å². The Hall–Kier alpha value is -1.68. The molecule has 0 amide bonds. The molecule has 1 aromatic heterocycles. The van der Waals surface area contributed by atoms with E-state index in [2.05, 4.69) is 11.9 Å². The highest BCUT2D eigenvalue weighted by atomic mass is 35.5. The fraction of sp³-hybridized carbons (Fsp3) is 0.250. The van der Waals surface area contributed by atoms with Crippen molar-refractivity contribution in [2.24, 2.45) is 0 Å². The number of aryl methyl sites for hydroxylation is 1. The molecular weight excluding hydrogens is 236 g/mol. The van der Waals surface area contributed by atoms with Crippen LogP contribution >= 0.6 is 11.6 Å². The lowest BCUT2D eigenvalue weighted by Crippen LogP contribution is -2.15. The van der Waals surface area contributed by atoms with Crippen LogP contribution < -0.4 is 11.6 Å². The Labute approximate surface area is 105 Å². The monoisotopic (exact) mass is 250 g/mol. The summed E-state index contributed by atoms with van der Waals surface area (Å²) in [5, 5.41) is 0.625. The molecule has 0 unspecified atom stereocenters. The zero-order chi connectivity index (χ0) is 12.4. The molecule has 90 valence electrons. The van der Waals surface area contributed by atoms with E-state index in [-0.39, 0.29) is 0 Å². The van der Waals surface area contributed by atoms with Crippen LogP contribution in [0, 0.1) is 0 Å². The van der Waals surface area contributed by atoms with E-state index in [1.165, 1.54) is 4.68 Å². The molecule has 1 heterocycles. The highest BCUT2D eigenvalue weighted by Crippen LogP contribution is 2.31. The van der Waals surface area contributed by atoms with E-state index in [9.17, 15) is 0 Å². The van der Waals surface area contributed by atoms with Crippen molar-refractivity contribution >= 4 is 17.4 Å². The van der Waals surface area contributed by atoms with E-state index in [4.69, 9.17) is 23.2 Å². The van der Waals surface area contributed by atoms with Crippen LogP contribution in [-0.4, -0.2) is 9.66 Å². The molecular formula is C12H15ClN4. The van der Waals surface area contributed by atoms with Crippen molar-refractivity contribution < 1.29 is 0 Å². The van der Waals surface area contributed by atoms with Gasteiger partial charge in [-0.25, -0.2) is 9.66 Å². The average molecular weight is 251 g/mol. The Morgan fingerprint density at radius 1 is 1.35 bits per heavy atom. The minimum Gasteiger partial charge on any atom is -0.382 e. The summed E-state index contributed by atoms with van der Waals surface area (Å²) in [6.07, 6.45) is 1.76. The van der Waals surface area contributed by atoms with Crippen molar-refractivity contribution in [2.75, 3.05) is 11.6 Å². The van der Waals surface area contributed by atoms with Gasteiger partial charge in [-0.2, -0.15) is 0 Å². The van der Waals surface area contributed by atoms with Gasteiger partial charge in [0.05, 0.1) is 5.02 Å². The summed E-state index contributed by atoms with van der Waals surface area (Å²) in [7, 11) is 0. The Kier molecular flexibility index (Phi) is 3.24. The van der Waals surface area contributed by atoms with Gasteiger partial charge in [-0.1, -0.05) is 36.7 Å². The minimum absolute atomic E-state index is 0.446. The van der Waals surface area contributed by atoms with Crippen LogP contribution in [-0.2, 0) is 6.42 Å². The first-order valence-corrected chi connectivity index (χ1v) is 5.90. The van der Waals surface area contributed by atoms with Gasteiger partial charge in [-0.15, -0.1) is 0 Å². The lowest BCUT2D eigenvalue weighted by atomic mass is 10.1. The van der Waals surface area contributed by atoms with Gasteiger partial charge in [-0.3, -0.25) is 0 Å². The average Bonchev–Trinajstić information content (AvgIpc) is 2.59. The normalized spacial score (nSPS) is 10.7. The van der Waals surface area contributed by atoms with E-state index in [0.717, 1.165) is 24.2 Å². The summed E-state index contributed by atoms with van der Waals surface area (Å²) in [6, 6.07) is 7.46. The number of halogens is 1. The molecule has 2 rings (SSSR count). The SMILES string of the molecule is CCCc1nc(-c2ccccc2Cl)c(N)n1N. The first-order valence-electron chi connectivity index (χ1n) is 5.52. The predicted octanol–water partition coefficient (Wildman–Crippen LogP) is 2.45. The maximum Gasteiger partial charge on any atom is 0.150 e. The molecule has 0 atom stereocenters. The third-order valence-corrected chi connectivity index (χ3v) is 2.95. The number of hydrogen-bond donors (Lipinski definition) is 2. The van der Waals surface area contributed by atoms with Crippen molar-refractivity contribution in [3.05, 3.63) is 35.1 Å². The van der Waals surface area contributed by atoms with E-state index in [0.29, 0.717) is 16.5 Å². The summed E-state index contributed by atoms with van der Waals surface area (Å²) in [5.74, 6) is 7.09. The van der Waals surface area contributed by atoms with Crippen molar-refractivity contribution in [1.82, 2.24) is 9.66 Å². The fourth-order valence-electron chi connectivity index (χ4n) is 1.74. The van der Waals surface area contributed by atoms with Crippen molar-refractivity contribution in [3.8, 4) is 11.3 Å². The molecule has 0 bridgehead atoms. The molecule has 0 saturated carbocycles. The number of rotatable bonds is 3. The van der Waals surface area contributed by atoms with Gasteiger partial charge in [0.25, 0.3) is 0 Å². The molecule has 2 aromatic rings. The van der Waals surface area contributed by atoms with Gasteiger partial charge in [0.1, 0.15) is 11.5 Å². The number of aromatic nitrogens is 2. The van der Waals surface area contributed by atoms with Crippen LogP contribution in [0.2, 0.25) is 5.02 Å². The lowest BCUT2D eigenvalue weighted by Gasteiger charge is -2.02. The lowest BCUT2D eigenvalue weighted by molar-refractivity contribution is 0.794. The second kappa shape index (κ2) is 4.67. The minimum atomic E-state index is 0.446. The van der Waals surface area contributed by atoms with Crippen LogP contribution in [0.1, 0.15) is 19.2 Å². The maximum absolute atomic E-state index is 6.12. The van der Waals surface area contributed by atoms with E-state index >= 15 is 0 Å². The second-order valence-corrected chi connectivity index (χ2v) is 4.27.